The molecule has 1 unspecified atom stereocenters. The summed E-state index contributed by atoms with van der Waals surface area (Å²) in [5, 5.41) is 0.994. The van der Waals surface area contributed by atoms with Gasteiger partial charge in [0.05, 0.1) is 16.3 Å². The molecule has 2 aromatic rings. The van der Waals surface area contributed by atoms with Crippen LogP contribution in [0.25, 0.3) is 10.2 Å². The fourth-order valence-electron chi connectivity index (χ4n) is 1.11. The van der Waals surface area contributed by atoms with E-state index in [2.05, 4.69) is 27.0 Å². The van der Waals surface area contributed by atoms with Gasteiger partial charge in [-0.25, -0.2) is 4.98 Å². The third-order valence-corrected chi connectivity index (χ3v) is 3.49. The summed E-state index contributed by atoms with van der Waals surface area (Å²) in [6.45, 7) is 1.95. The van der Waals surface area contributed by atoms with E-state index in [1.807, 2.05) is 19.1 Å². The molecule has 2 rings (SSSR count). The van der Waals surface area contributed by atoms with Crippen molar-refractivity contribution in [1.29, 1.82) is 0 Å². The number of aromatic nitrogens is 1. The Morgan fingerprint density at radius 1 is 1.54 bits per heavy atom. The number of hydrogen-bond acceptors (Lipinski definition) is 3. The maximum absolute atomic E-state index is 5.75. The van der Waals surface area contributed by atoms with Crippen LogP contribution in [0, 0.1) is 0 Å². The predicted molar refractivity (Wildman–Crippen MR) is 59.9 cm³/mol. The van der Waals surface area contributed by atoms with E-state index in [-0.39, 0.29) is 6.04 Å². The average Bonchev–Trinajstić information content (AvgIpc) is 2.46. The number of nitrogens with zero attached hydrogens (tertiary/aromatic N) is 1. The molecule has 1 atom stereocenters. The van der Waals surface area contributed by atoms with Crippen LogP contribution in [0.4, 0.5) is 0 Å². The number of benzene rings is 1. The molecular weight excluding hydrogens is 248 g/mol. The van der Waals surface area contributed by atoms with Crippen LogP contribution in [-0.2, 0) is 0 Å². The van der Waals surface area contributed by atoms with E-state index < -0.39 is 0 Å². The maximum atomic E-state index is 5.75. The maximum Gasteiger partial charge on any atom is 0.110 e. The smallest absolute Gasteiger partial charge is 0.110 e. The van der Waals surface area contributed by atoms with Gasteiger partial charge in [0.1, 0.15) is 5.01 Å². The first-order valence-electron chi connectivity index (χ1n) is 3.98. The third-order valence-electron chi connectivity index (χ3n) is 1.76. The highest BCUT2D eigenvalue weighted by atomic mass is 79.9. The van der Waals surface area contributed by atoms with Crippen molar-refractivity contribution in [2.45, 2.75) is 13.0 Å². The first-order chi connectivity index (χ1) is 6.16. The Kier molecular flexibility index (Phi) is 2.36. The van der Waals surface area contributed by atoms with Crippen molar-refractivity contribution in [2.24, 2.45) is 5.73 Å². The zero-order valence-electron chi connectivity index (χ0n) is 7.12. The second-order valence-corrected chi connectivity index (χ2v) is 4.93. The van der Waals surface area contributed by atoms with Gasteiger partial charge in [0, 0.05) is 4.47 Å². The summed E-state index contributed by atoms with van der Waals surface area (Å²) >= 11 is 5.07. The lowest BCUT2D eigenvalue weighted by atomic mass is 10.3. The molecule has 0 fully saturated rings. The van der Waals surface area contributed by atoms with Gasteiger partial charge in [-0.1, -0.05) is 15.9 Å². The summed E-state index contributed by atoms with van der Waals surface area (Å²) in [4.78, 5) is 4.44. The Morgan fingerprint density at radius 2 is 2.31 bits per heavy atom. The molecule has 0 aliphatic carbocycles. The van der Waals surface area contributed by atoms with Crippen LogP contribution < -0.4 is 5.73 Å². The largest absolute Gasteiger partial charge is 0.322 e. The van der Waals surface area contributed by atoms with Gasteiger partial charge in [0.25, 0.3) is 0 Å². The van der Waals surface area contributed by atoms with Gasteiger partial charge in [-0.2, -0.15) is 0 Å². The molecule has 0 aliphatic heterocycles. The summed E-state index contributed by atoms with van der Waals surface area (Å²) in [6, 6.07) is 6.11. The van der Waals surface area contributed by atoms with Crippen molar-refractivity contribution in [1.82, 2.24) is 4.98 Å². The zero-order valence-corrected chi connectivity index (χ0v) is 9.52. The minimum atomic E-state index is 0.0242. The van der Waals surface area contributed by atoms with Crippen molar-refractivity contribution in [2.75, 3.05) is 0 Å². The first kappa shape index (κ1) is 9.12. The normalized spacial score (nSPS) is 13.5. The van der Waals surface area contributed by atoms with Crippen molar-refractivity contribution < 1.29 is 0 Å². The lowest BCUT2D eigenvalue weighted by Gasteiger charge is -1.95. The average molecular weight is 257 g/mol. The van der Waals surface area contributed by atoms with Crippen LogP contribution in [-0.4, -0.2) is 4.98 Å². The molecule has 1 aromatic heterocycles. The van der Waals surface area contributed by atoms with Gasteiger partial charge in [0.15, 0.2) is 0 Å². The summed E-state index contributed by atoms with van der Waals surface area (Å²) in [6.07, 6.45) is 0. The van der Waals surface area contributed by atoms with E-state index in [9.17, 15) is 0 Å². The van der Waals surface area contributed by atoms with Crippen LogP contribution in [0.2, 0.25) is 0 Å². The molecule has 2 N–H and O–H groups in total. The summed E-state index contributed by atoms with van der Waals surface area (Å²) in [5.41, 5.74) is 6.77. The first-order valence-corrected chi connectivity index (χ1v) is 5.59. The van der Waals surface area contributed by atoms with Gasteiger partial charge < -0.3 is 5.73 Å². The molecule has 0 radical (unpaired) electrons. The Labute approximate surface area is 88.9 Å². The molecule has 1 aromatic carbocycles. The molecule has 68 valence electrons. The highest BCUT2D eigenvalue weighted by Crippen LogP contribution is 2.27. The van der Waals surface area contributed by atoms with Crippen LogP contribution in [0.15, 0.2) is 22.7 Å². The molecule has 0 saturated heterocycles. The van der Waals surface area contributed by atoms with Crippen LogP contribution in [0.1, 0.15) is 18.0 Å². The summed E-state index contributed by atoms with van der Waals surface area (Å²) < 4.78 is 2.25. The van der Waals surface area contributed by atoms with Crippen molar-refractivity contribution in [3.05, 3.63) is 27.7 Å². The van der Waals surface area contributed by atoms with Gasteiger partial charge in [-0.3, -0.25) is 0 Å². The highest BCUT2D eigenvalue weighted by Gasteiger charge is 2.06. The predicted octanol–water partition coefficient (Wildman–Crippen LogP) is 3.08. The van der Waals surface area contributed by atoms with E-state index in [4.69, 9.17) is 5.73 Å². The molecule has 0 saturated carbocycles. The van der Waals surface area contributed by atoms with Gasteiger partial charge in [-0.15, -0.1) is 11.3 Å². The van der Waals surface area contributed by atoms with Gasteiger partial charge in [-0.05, 0) is 25.1 Å². The number of halogens is 1. The number of thiazole rings is 1. The number of hydrogen-bond donors (Lipinski definition) is 1. The van der Waals surface area contributed by atoms with Gasteiger partial charge >= 0.3 is 0 Å². The van der Waals surface area contributed by atoms with Crippen molar-refractivity contribution in [3.63, 3.8) is 0 Å². The Morgan fingerprint density at radius 3 is 3.00 bits per heavy atom. The minimum Gasteiger partial charge on any atom is -0.322 e. The minimum absolute atomic E-state index is 0.0242. The van der Waals surface area contributed by atoms with E-state index in [0.29, 0.717) is 0 Å². The van der Waals surface area contributed by atoms with E-state index in [0.717, 1.165) is 15.0 Å². The lowest BCUT2D eigenvalue weighted by molar-refractivity contribution is 0.810. The SMILES string of the molecule is CC(N)c1nc2cc(Br)ccc2s1. The molecular formula is C9H9BrN2S. The Hall–Kier alpha value is -0.450. The topological polar surface area (TPSA) is 38.9 Å². The van der Waals surface area contributed by atoms with Crippen LogP contribution >= 0.6 is 27.3 Å². The van der Waals surface area contributed by atoms with Crippen LogP contribution in [0.5, 0.6) is 0 Å². The van der Waals surface area contributed by atoms with Crippen molar-refractivity contribution >= 4 is 37.5 Å². The van der Waals surface area contributed by atoms with Crippen molar-refractivity contribution in [3.8, 4) is 0 Å². The molecule has 1 heterocycles. The molecule has 13 heavy (non-hydrogen) atoms. The molecule has 0 spiro atoms. The highest BCUT2D eigenvalue weighted by molar-refractivity contribution is 9.10. The molecule has 0 aliphatic rings. The second kappa shape index (κ2) is 3.36. The standard InChI is InChI=1S/C9H9BrN2S/c1-5(11)9-12-7-4-6(10)2-3-8(7)13-9/h2-5H,11H2,1H3. The number of rotatable bonds is 1. The van der Waals surface area contributed by atoms with E-state index >= 15 is 0 Å². The lowest BCUT2D eigenvalue weighted by Crippen LogP contribution is -2.03. The molecule has 0 amide bonds. The monoisotopic (exact) mass is 256 g/mol. The summed E-state index contributed by atoms with van der Waals surface area (Å²) in [7, 11) is 0. The fraction of sp³-hybridized carbons (Fsp3) is 0.222. The molecule has 2 nitrogen and oxygen atoms in total. The van der Waals surface area contributed by atoms with E-state index in [1.165, 1.54) is 4.70 Å². The molecule has 0 bridgehead atoms. The Bertz CT molecular complexity index is 436. The third kappa shape index (κ3) is 1.75. The second-order valence-electron chi connectivity index (χ2n) is 2.95. The summed E-state index contributed by atoms with van der Waals surface area (Å²) in [5.74, 6) is 0. The van der Waals surface area contributed by atoms with Gasteiger partial charge in [0.2, 0.25) is 0 Å². The van der Waals surface area contributed by atoms with Crippen LogP contribution in [0.3, 0.4) is 0 Å². The Balaban J connectivity index is 2.62. The fourth-order valence-corrected chi connectivity index (χ4v) is 2.36. The zero-order chi connectivity index (χ0) is 9.42. The number of nitrogens with two attached hydrogens (primary N) is 1. The quantitative estimate of drug-likeness (QED) is 0.852. The molecule has 4 heteroatoms. The van der Waals surface area contributed by atoms with E-state index in [1.54, 1.807) is 11.3 Å². The number of fused-ring (bicyclic) bond motifs is 1.